The van der Waals surface area contributed by atoms with Gasteiger partial charge in [-0.2, -0.15) is 0 Å². The molecule has 1 atom stereocenters. The zero-order valence-corrected chi connectivity index (χ0v) is 11.9. The van der Waals surface area contributed by atoms with Gasteiger partial charge < -0.3 is 4.74 Å². The molecule has 1 nitrogen and oxygen atoms in total. The molecule has 0 aliphatic carbocycles. The highest BCUT2D eigenvalue weighted by Gasteiger charge is 2.08. The molecular formula is C17H19ClO. The quantitative estimate of drug-likeness (QED) is 0.670. The van der Waals surface area contributed by atoms with E-state index < -0.39 is 0 Å². The number of hydrogen-bond donors (Lipinski definition) is 0. The summed E-state index contributed by atoms with van der Waals surface area (Å²) in [7, 11) is 0. The zero-order valence-electron chi connectivity index (χ0n) is 11.2. The summed E-state index contributed by atoms with van der Waals surface area (Å²) in [6, 6.07) is 18.3. The van der Waals surface area contributed by atoms with E-state index in [9.17, 15) is 0 Å². The maximum Gasteiger partial charge on any atom is 0.0716 e. The van der Waals surface area contributed by atoms with Crippen molar-refractivity contribution < 1.29 is 4.74 Å². The molecule has 0 N–H and O–H groups in total. The molecule has 0 aliphatic heterocycles. The summed E-state index contributed by atoms with van der Waals surface area (Å²) < 4.78 is 5.71. The number of ether oxygens (including phenoxy) is 1. The molecule has 0 fully saturated rings. The van der Waals surface area contributed by atoms with Crippen LogP contribution in [0.4, 0.5) is 0 Å². The van der Waals surface area contributed by atoms with E-state index in [1.54, 1.807) is 0 Å². The lowest BCUT2D eigenvalue weighted by Gasteiger charge is -2.13. The molecule has 0 saturated heterocycles. The van der Waals surface area contributed by atoms with Crippen molar-refractivity contribution in [1.82, 2.24) is 0 Å². The van der Waals surface area contributed by atoms with E-state index in [1.807, 2.05) is 36.4 Å². The Morgan fingerprint density at radius 2 is 1.68 bits per heavy atom. The van der Waals surface area contributed by atoms with Crippen LogP contribution in [0.3, 0.4) is 0 Å². The van der Waals surface area contributed by atoms with Crippen molar-refractivity contribution in [3.8, 4) is 0 Å². The topological polar surface area (TPSA) is 9.23 Å². The normalized spacial score (nSPS) is 12.3. The maximum absolute atomic E-state index is 6.19. The molecule has 0 aliphatic rings. The number of hydrogen-bond acceptors (Lipinski definition) is 1. The highest BCUT2D eigenvalue weighted by molar-refractivity contribution is 6.31. The van der Waals surface area contributed by atoms with Gasteiger partial charge in [-0.05, 0) is 29.5 Å². The number of rotatable bonds is 6. The van der Waals surface area contributed by atoms with Gasteiger partial charge in [0.1, 0.15) is 0 Å². The maximum atomic E-state index is 6.19. The Balaban J connectivity index is 1.76. The van der Waals surface area contributed by atoms with E-state index in [0.717, 1.165) is 18.1 Å². The van der Waals surface area contributed by atoms with Crippen LogP contribution in [0.1, 0.15) is 30.4 Å². The fourth-order valence-corrected chi connectivity index (χ4v) is 2.38. The van der Waals surface area contributed by atoms with Crippen molar-refractivity contribution in [3.63, 3.8) is 0 Å². The summed E-state index contributed by atoms with van der Waals surface area (Å²) in [5.74, 6) is 0.421. The fraction of sp³-hybridized carbons (Fsp3) is 0.294. The van der Waals surface area contributed by atoms with Gasteiger partial charge in [0.05, 0.1) is 6.61 Å². The van der Waals surface area contributed by atoms with E-state index in [4.69, 9.17) is 16.3 Å². The standard InChI is InChI=1S/C17H19ClO/c1-14(16-9-5-6-10-17(16)18)11-12-19-13-15-7-3-2-4-8-15/h2-10,14H,11-13H2,1H3/t14-/m0/s1. The molecule has 0 unspecified atom stereocenters. The highest BCUT2D eigenvalue weighted by atomic mass is 35.5. The highest BCUT2D eigenvalue weighted by Crippen LogP contribution is 2.26. The second kappa shape index (κ2) is 7.32. The minimum Gasteiger partial charge on any atom is -0.377 e. The van der Waals surface area contributed by atoms with Crippen molar-refractivity contribution in [1.29, 1.82) is 0 Å². The van der Waals surface area contributed by atoms with Gasteiger partial charge in [-0.1, -0.05) is 67.1 Å². The van der Waals surface area contributed by atoms with Gasteiger partial charge in [-0.15, -0.1) is 0 Å². The Labute approximate surface area is 120 Å². The van der Waals surface area contributed by atoms with Gasteiger partial charge in [0, 0.05) is 11.6 Å². The first-order valence-corrected chi connectivity index (χ1v) is 7.01. The fourth-order valence-electron chi connectivity index (χ4n) is 2.05. The lowest BCUT2D eigenvalue weighted by molar-refractivity contribution is 0.115. The Morgan fingerprint density at radius 1 is 1.00 bits per heavy atom. The van der Waals surface area contributed by atoms with Crippen molar-refractivity contribution >= 4 is 11.6 Å². The molecule has 0 bridgehead atoms. The van der Waals surface area contributed by atoms with E-state index >= 15 is 0 Å². The minimum absolute atomic E-state index is 0.421. The van der Waals surface area contributed by atoms with Crippen molar-refractivity contribution in [3.05, 3.63) is 70.7 Å². The molecular weight excluding hydrogens is 256 g/mol. The molecule has 0 radical (unpaired) electrons. The summed E-state index contributed by atoms with van der Waals surface area (Å²) in [6.45, 7) is 3.62. The van der Waals surface area contributed by atoms with E-state index in [-0.39, 0.29) is 0 Å². The van der Waals surface area contributed by atoms with Gasteiger partial charge in [-0.25, -0.2) is 0 Å². The van der Waals surface area contributed by atoms with Crippen LogP contribution in [0, 0.1) is 0 Å². The van der Waals surface area contributed by atoms with Crippen LogP contribution in [0.15, 0.2) is 54.6 Å². The van der Waals surface area contributed by atoms with Crippen molar-refractivity contribution in [2.75, 3.05) is 6.61 Å². The van der Waals surface area contributed by atoms with E-state index in [2.05, 4.69) is 25.1 Å². The van der Waals surface area contributed by atoms with Crippen LogP contribution in [-0.2, 0) is 11.3 Å². The average molecular weight is 275 g/mol. The van der Waals surface area contributed by atoms with Crippen LogP contribution in [0.25, 0.3) is 0 Å². The summed E-state index contributed by atoms with van der Waals surface area (Å²) in [5.41, 5.74) is 2.42. The Kier molecular flexibility index (Phi) is 5.44. The second-order valence-electron chi connectivity index (χ2n) is 4.75. The SMILES string of the molecule is C[C@@H](CCOCc1ccccc1)c1ccccc1Cl. The molecule has 0 amide bonds. The van der Waals surface area contributed by atoms with Gasteiger partial charge in [0.15, 0.2) is 0 Å². The van der Waals surface area contributed by atoms with E-state index in [1.165, 1.54) is 11.1 Å². The van der Waals surface area contributed by atoms with Crippen molar-refractivity contribution in [2.24, 2.45) is 0 Å². The third kappa shape index (κ3) is 4.38. The molecule has 19 heavy (non-hydrogen) atoms. The molecule has 0 spiro atoms. The lowest BCUT2D eigenvalue weighted by Crippen LogP contribution is -2.02. The first-order chi connectivity index (χ1) is 9.27. The molecule has 0 aromatic heterocycles. The van der Waals surface area contributed by atoms with Crippen LogP contribution >= 0.6 is 11.6 Å². The summed E-state index contributed by atoms with van der Waals surface area (Å²) >= 11 is 6.19. The third-order valence-corrected chi connectivity index (χ3v) is 3.59. The monoisotopic (exact) mass is 274 g/mol. The third-order valence-electron chi connectivity index (χ3n) is 3.24. The van der Waals surface area contributed by atoms with Crippen molar-refractivity contribution in [2.45, 2.75) is 25.9 Å². The zero-order chi connectivity index (χ0) is 13.5. The minimum atomic E-state index is 0.421. The van der Waals surface area contributed by atoms with E-state index in [0.29, 0.717) is 12.5 Å². The van der Waals surface area contributed by atoms with Gasteiger partial charge in [0.2, 0.25) is 0 Å². The predicted octanol–water partition coefficient (Wildman–Crippen LogP) is 5.05. The Hall–Kier alpha value is -1.31. The van der Waals surface area contributed by atoms with Crippen LogP contribution in [-0.4, -0.2) is 6.61 Å². The molecule has 2 aromatic rings. The smallest absolute Gasteiger partial charge is 0.0716 e. The second-order valence-corrected chi connectivity index (χ2v) is 5.16. The molecule has 0 saturated carbocycles. The molecule has 2 aromatic carbocycles. The summed E-state index contributed by atoms with van der Waals surface area (Å²) in [4.78, 5) is 0. The van der Waals surface area contributed by atoms with Crippen LogP contribution in [0.5, 0.6) is 0 Å². The molecule has 2 heteroatoms. The molecule has 100 valence electrons. The predicted molar refractivity (Wildman–Crippen MR) is 80.6 cm³/mol. The Morgan fingerprint density at radius 3 is 2.42 bits per heavy atom. The summed E-state index contributed by atoms with van der Waals surface area (Å²) in [6.07, 6.45) is 0.983. The van der Waals surface area contributed by atoms with Gasteiger partial charge >= 0.3 is 0 Å². The largest absolute Gasteiger partial charge is 0.377 e. The van der Waals surface area contributed by atoms with Crippen LogP contribution in [0.2, 0.25) is 5.02 Å². The average Bonchev–Trinajstić information content (AvgIpc) is 2.45. The van der Waals surface area contributed by atoms with Gasteiger partial charge in [-0.3, -0.25) is 0 Å². The number of benzene rings is 2. The van der Waals surface area contributed by atoms with Gasteiger partial charge in [0.25, 0.3) is 0 Å². The van der Waals surface area contributed by atoms with Crippen LogP contribution < -0.4 is 0 Å². The molecule has 2 rings (SSSR count). The lowest BCUT2D eigenvalue weighted by atomic mass is 9.98. The first-order valence-electron chi connectivity index (χ1n) is 6.63. The summed E-state index contributed by atoms with van der Waals surface area (Å²) in [5, 5.41) is 0.845. The number of halogens is 1. The Bertz CT molecular complexity index is 496. The molecule has 0 heterocycles. The first kappa shape index (κ1) is 14.1.